The number of hydrogen-bond acceptors (Lipinski definition) is 5. The molecule has 7 heteroatoms. The molecule has 1 saturated heterocycles. The van der Waals surface area contributed by atoms with Crippen LogP contribution in [0.3, 0.4) is 0 Å². The van der Waals surface area contributed by atoms with Crippen LogP contribution in [-0.4, -0.2) is 53.8 Å². The van der Waals surface area contributed by atoms with Gasteiger partial charge in [-0.3, -0.25) is 10.2 Å². The van der Waals surface area contributed by atoms with Crippen molar-refractivity contribution in [2.75, 3.05) is 38.1 Å². The fraction of sp³-hybridized carbons (Fsp3) is 0.444. The van der Waals surface area contributed by atoms with E-state index in [4.69, 9.17) is 9.26 Å². The Hall–Kier alpha value is -2.54. The molecule has 0 unspecified atom stereocenters. The minimum atomic E-state index is -0.123. The lowest BCUT2D eigenvalue weighted by molar-refractivity contribution is 0.143. The average molecular weight is 342 g/mol. The lowest BCUT2D eigenvalue weighted by Crippen LogP contribution is -2.49. The molecule has 1 fully saturated rings. The van der Waals surface area contributed by atoms with Crippen LogP contribution in [0.1, 0.15) is 16.9 Å². The minimum Gasteiger partial charge on any atom is -0.493 e. The lowest BCUT2D eigenvalue weighted by atomic mass is 10.1. The molecule has 0 saturated carbocycles. The van der Waals surface area contributed by atoms with Crippen molar-refractivity contribution < 1.29 is 14.1 Å². The van der Waals surface area contributed by atoms with Gasteiger partial charge in [0.2, 0.25) is 0 Å². The Morgan fingerprint density at radius 3 is 2.84 bits per heavy atom. The summed E-state index contributed by atoms with van der Waals surface area (Å²) in [7, 11) is 0. The number of piperazine rings is 1. The first-order valence-electron chi connectivity index (χ1n) is 8.63. The summed E-state index contributed by atoms with van der Waals surface area (Å²) in [6, 6.07) is 8.04. The molecule has 4 rings (SSSR count). The largest absolute Gasteiger partial charge is 0.493 e. The molecule has 0 aliphatic carbocycles. The second-order valence-corrected chi connectivity index (χ2v) is 6.56. The van der Waals surface area contributed by atoms with Gasteiger partial charge in [-0.05, 0) is 24.1 Å². The zero-order chi connectivity index (χ0) is 17.2. The second-order valence-electron chi connectivity index (χ2n) is 6.56. The Morgan fingerprint density at radius 2 is 2.08 bits per heavy atom. The molecule has 1 aromatic carbocycles. The number of urea groups is 1. The number of carbonyl (C=O) groups excluding carboxylic acids is 1. The predicted molar refractivity (Wildman–Crippen MR) is 92.7 cm³/mol. The van der Waals surface area contributed by atoms with Gasteiger partial charge in [-0.1, -0.05) is 17.3 Å². The van der Waals surface area contributed by atoms with Crippen molar-refractivity contribution >= 4 is 11.8 Å². The van der Waals surface area contributed by atoms with Crippen molar-refractivity contribution in [3.05, 3.63) is 41.2 Å². The molecular formula is C18H22N4O3. The maximum Gasteiger partial charge on any atom is 0.323 e. The molecule has 25 heavy (non-hydrogen) atoms. The van der Waals surface area contributed by atoms with Gasteiger partial charge in [0.1, 0.15) is 11.5 Å². The Balaban J connectivity index is 1.28. The summed E-state index contributed by atoms with van der Waals surface area (Å²) in [5, 5.41) is 6.57. The first-order chi connectivity index (χ1) is 12.2. The summed E-state index contributed by atoms with van der Waals surface area (Å²) < 4.78 is 10.5. The highest BCUT2D eigenvalue weighted by atomic mass is 16.5. The van der Waals surface area contributed by atoms with E-state index in [1.807, 2.05) is 4.90 Å². The third kappa shape index (κ3) is 3.61. The van der Waals surface area contributed by atoms with Gasteiger partial charge in [0, 0.05) is 45.2 Å². The number of amides is 2. The third-order valence-electron chi connectivity index (χ3n) is 4.68. The number of nitrogens with one attached hydrogen (secondary N) is 1. The van der Waals surface area contributed by atoms with Gasteiger partial charge in [0.25, 0.3) is 0 Å². The summed E-state index contributed by atoms with van der Waals surface area (Å²) in [5.41, 5.74) is 2.61. The van der Waals surface area contributed by atoms with Crippen LogP contribution in [0.2, 0.25) is 0 Å². The first kappa shape index (κ1) is 16.0. The van der Waals surface area contributed by atoms with Gasteiger partial charge >= 0.3 is 6.03 Å². The summed E-state index contributed by atoms with van der Waals surface area (Å²) >= 11 is 0. The third-order valence-corrected chi connectivity index (χ3v) is 4.68. The number of aryl methyl sites for hydroxylation is 1. The van der Waals surface area contributed by atoms with Crippen LogP contribution in [0.15, 0.2) is 28.8 Å². The van der Waals surface area contributed by atoms with Crippen molar-refractivity contribution in [3.63, 3.8) is 0 Å². The van der Waals surface area contributed by atoms with E-state index in [0.29, 0.717) is 24.7 Å². The zero-order valence-electron chi connectivity index (χ0n) is 14.3. The molecule has 132 valence electrons. The Labute approximate surface area is 146 Å². The van der Waals surface area contributed by atoms with E-state index in [1.54, 1.807) is 13.0 Å². The van der Waals surface area contributed by atoms with Crippen LogP contribution < -0.4 is 10.1 Å². The molecule has 1 N–H and O–H groups in total. The molecule has 0 bridgehead atoms. The second kappa shape index (κ2) is 6.76. The summed E-state index contributed by atoms with van der Waals surface area (Å²) in [5.74, 6) is 2.17. The zero-order valence-corrected chi connectivity index (χ0v) is 14.3. The smallest absolute Gasteiger partial charge is 0.323 e. The minimum absolute atomic E-state index is 0.123. The number of hydrogen-bond donors (Lipinski definition) is 1. The maximum absolute atomic E-state index is 12.3. The van der Waals surface area contributed by atoms with E-state index >= 15 is 0 Å². The SMILES string of the molecule is Cc1cc(NC(=O)N2CCN(Cc3ccc4c(c3)CCO4)CC2)no1. The normalized spacial score (nSPS) is 17.2. The van der Waals surface area contributed by atoms with Gasteiger partial charge in [-0.25, -0.2) is 4.79 Å². The van der Waals surface area contributed by atoms with Crippen molar-refractivity contribution in [1.29, 1.82) is 0 Å². The Kier molecular flexibility index (Phi) is 4.31. The fourth-order valence-corrected chi connectivity index (χ4v) is 3.32. The molecule has 0 radical (unpaired) electrons. The van der Waals surface area contributed by atoms with Crippen LogP contribution >= 0.6 is 0 Å². The van der Waals surface area contributed by atoms with Crippen LogP contribution in [0, 0.1) is 6.92 Å². The highest BCUT2D eigenvalue weighted by molar-refractivity contribution is 5.88. The standard InChI is InChI=1S/C18H22N4O3/c1-13-10-17(20-25-13)19-18(23)22-7-5-21(6-8-22)12-14-2-3-16-15(11-14)4-9-24-16/h2-3,10-11H,4-9,12H2,1H3,(H,19,20,23). The number of ether oxygens (including phenoxy) is 1. The van der Waals surface area contributed by atoms with Gasteiger partial charge in [-0.15, -0.1) is 0 Å². The monoisotopic (exact) mass is 342 g/mol. The summed E-state index contributed by atoms with van der Waals surface area (Å²) in [6.45, 7) is 6.63. The number of fused-ring (bicyclic) bond motifs is 1. The van der Waals surface area contributed by atoms with Crippen molar-refractivity contribution in [2.45, 2.75) is 19.9 Å². The van der Waals surface area contributed by atoms with E-state index in [0.717, 1.165) is 38.4 Å². The lowest BCUT2D eigenvalue weighted by Gasteiger charge is -2.34. The van der Waals surface area contributed by atoms with Gasteiger partial charge in [0.05, 0.1) is 6.61 Å². The number of benzene rings is 1. The molecule has 2 amide bonds. The number of aromatic nitrogens is 1. The van der Waals surface area contributed by atoms with E-state index in [1.165, 1.54) is 11.1 Å². The Morgan fingerprint density at radius 1 is 1.24 bits per heavy atom. The van der Waals surface area contributed by atoms with Crippen molar-refractivity contribution in [3.8, 4) is 5.75 Å². The molecular weight excluding hydrogens is 320 g/mol. The van der Waals surface area contributed by atoms with Crippen LogP contribution in [-0.2, 0) is 13.0 Å². The van der Waals surface area contributed by atoms with Crippen LogP contribution in [0.25, 0.3) is 0 Å². The average Bonchev–Trinajstić information content (AvgIpc) is 3.24. The van der Waals surface area contributed by atoms with E-state index < -0.39 is 0 Å². The summed E-state index contributed by atoms with van der Waals surface area (Å²) in [6.07, 6.45) is 0.999. The highest BCUT2D eigenvalue weighted by Gasteiger charge is 2.22. The number of anilines is 1. The molecule has 1 aromatic heterocycles. The topological polar surface area (TPSA) is 70.8 Å². The molecule has 0 spiro atoms. The van der Waals surface area contributed by atoms with Gasteiger partial charge in [-0.2, -0.15) is 0 Å². The van der Waals surface area contributed by atoms with E-state index in [-0.39, 0.29) is 6.03 Å². The summed E-state index contributed by atoms with van der Waals surface area (Å²) in [4.78, 5) is 16.5. The highest BCUT2D eigenvalue weighted by Crippen LogP contribution is 2.26. The number of carbonyl (C=O) groups is 1. The van der Waals surface area contributed by atoms with Crippen molar-refractivity contribution in [1.82, 2.24) is 15.0 Å². The van der Waals surface area contributed by atoms with Gasteiger partial charge in [0.15, 0.2) is 5.82 Å². The Bertz CT molecular complexity index is 765. The van der Waals surface area contributed by atoms with E-state index in [9.17, 15) is 4.79 Å². The fourth-order valence-electron chi connectivity index (χ4n) is 3.32. The number of rotatable bonds is 3. The molecule has 2 aliphatic heterocycles. The van der Waals surface area contributed by atoms with Crippen LogP contribution in [0.5, 0.6) is 5.75 Å². The molecule has 3 heterocycles. The van der Waals surface area contributed by atoms with Crippen molar-refractivity contribution in [2.24, 2.45) is 0 Å². The molecule has 7 nitrogen and oxygen atoms in total. The molecule has 2 aromatic rings. The van der Waals surface area contributed by atoms with Gasteiger partial charge < -0.3 is 14.2 Å². The number of nitrogens with zero attached hydrogens (tertiary/aromatic N) is 3. The first-order valence-corrected chi connectivity index (χ1v) is 8.63. The molecule has 2 aliphatic rings. The predicted octanol–water partition coefficient (Wildman–Crippen LogP) is 2.27. The maximum atomic E-state index is 12.3. The molecule has 0 atom stereocenters. The van der Waals surface area contributed by atoms with Crippen LogP contribution in [0.4, 0.5) is 10.6 Å². The van der Waals surface area contributed by atoms with E-state index in [2.05, 4.69) is 33.6 Å². The quantitative estimate of drug-likeness (QED) is 0.926.